The maximum Gasteiger partial charge on any atom is 0.303 e. The number of rotatable bonds is 8. The molecule has 11 heteroatoms. The third kappa shape index (κ3) is 5.95. The van der Waals surface area contributed by atoms with Crippen molar-refractivity contribution < 1.29 is 31.1 Å². The first-order valence-corrected chi connectivity index (χ1v) is 9.37. The third-order valence-corrected chi connectivity index (χ3v) is 4.46. The van der Waals surface area contributed by atoms with E-state index in [1.807, 2.05) is 4.72 Å². The van der Waals surface area contributed by atoms with Gasteiger partial charge in [0.1, 0.15) is 5.82 Å². The number of carboxylic acids is 1. The Morgan fingerprint density at radius 2 is 1.91 bits per heavy atom. The summed E-state index contributed by atoms with van der Waals surface area (Å²) in [6.07, 6.45) is 0.722. The first-order valence-electron chi connectivity index (χ1n) is 6.00. The van der Waals surface area contributed by atoms with E-state index in [0.717, 1.165) is 18.4 Å². The fraction of sp³-hybridized carbons (Fsp3) is 0.364. The Kier molecular flexibility index (Phi) is 5.85. The molecule has 0 heterocycles. The first-order chi connectivity index (χ1) is 10.0. The number of hydrogen-bond acceptors (Lipinski definition) is 5. The van der Waals surface area contributed by atoms with Crippen LogP contribution in [0, 0.1) is 5.82 Å². The summed E-state index contributed by atoms with van der Waals surface area (Å²) >= 11 is 0. The van der Waals surface area contributed by atoms with Gasteiger partial charge in [0.15, 0.2) is 0 Å². The lowest BCUT2D eigenvalue weighted by atomic mass is 10.3. The molecular formula is C11H15FN2O6S2. The van der Waals surface area contributed by atoms with Gasteiger partial charge in [0.2, 0.25) is 20.0 Å². The Hall–Kier alpha value is -1.72. The van der Waals surface area contributed by atoms with Crippen molar-refractivity contribution in [2.24, 2.45) is 0 Å². The van der Waals surface area contributed by atoms with Gasteiger partial charge in [0.05, 0.1) is 16.8 Å². The minimum absolute atomic E-state index is 0.0881. The van der Waals surface area contributed by atoms with Crippen LogP contribution in [0.25, 0.3) is 0 Å². The number of anilines is 1. The third-order valence-electron chi connectivity index (χ3n) is 2.41. The van der Waals surface area contributed by atoms with Gasteiger partial charge in [0, 0.05) is 13.0 Å². The van der Waals surface area contributed by atoms with E-state index in [1.54, 1.807) is 0 Å². The molecule has 3 N–H and O–H groups in total. The predicted octanol–water partition coefficient (Wildman–Crippen LogP) is 0.340. The number of carboxylic acid groups (broad SMARTS) is 1. The molecule has 1 aromatic carbocycles. The number of sulfonamides is 2. The molecule has 0 spiro atoms. The molecule has 0 aromatic heterocycles. The maximum atomic E-state index is 13.7. The second kappa shape index (κ2) is 7.03. The molecule has 0 unspecified atom stereocenters. The molecule has 0 saturated heterocycles. The van der Waals surface area contributed by atoms with Crippen LogP contribution in [-0.2, 0) is 24.8 Å². The number of nitrogens with one attached hydrogen (secondary N) is 2. The summed E-state index contributed by atoms with van der Waals surface area (Å²) in [5.41, 5.74) is -0.368. The standard InChI is InChI=1S/C11H15FN2O6S2/c1-21(17,18)14-10-5-4-8(7-9(10)12)22(19,20)13-6-2-3-11(15)16/h4-5,7,13-14H,2-3,6H2,1H3,(H,15,16). The maximum absolute atomic E-state index is 13.7. The summed E-state index contributed by atoms with van der Waals surface area (Å²) in [6, 6.07) is 2.70. The number of halogens is 1. The lowest BCUT2D eigenvalue weighted by Gasteiger charge is -2.09. The molecule has 0 saturated carbocycles. The van der Waals surface area contributed by atoms with E-state index < -0.39 is 31.8 Å². The van der Waals surface area contributed by atoms with Crippen molar-refractivity contribution in [1.29, 1.82) is 0 Å². The predicted molar refractivity (Wildman–Crippen MR) is 76.9 cm³/mol. The summed E-state index contributed by atoms with van der Waals surface area (Å²) in [7, 11) is -7.69. The quantitative estimate of drug-likeness (QED) is 0.577. The van der Waals surface area contributed by atoms with Crippen molar-refractivity contribution in [3.05, 3.63) is 24.0 Å². The largest absolute Gasteiger partial charge is 0.481 e. The zero-order chi connectivity index (χ0) is 17.0. The van der Waals surface area contributed by atoms with Gasteiger partial charge in [-0.3, -0.25) is 9.52 Å². The average molecular weight is 354 g/mol. The van der Waals surface area contributed by atoms with Gasteiger partial charge in [-0.2, -0.15) is 0 Å². The molecule has 0 aliphatic carbocycles. The average Bonchev–Trinajstić information content (AvgIpc) is 2.35. The Bertz CT molecular complexity index is 761. The highest BCUT2D eigenvalue weighted by Gasteiger charge is 2.17. The fourth-order valence-electron chi connectivity index (χ4n) is 1.47. The molecule has 0 bridgehead atoms. The lowest BCUT2D eigenvalue weighted by molar-refractivity contribution is -0.137. The van der Waals surface area contributed by atoms with E-state index in [-0.39, 0.29) is 30.0 Å². The SMILES string of the molecule is CS(=O)(=O)Nc1ccc(S(=O)(=O)NCCCC(=O)O)cc1F. The van der Waals surface area contributed by atoms with E-state index in [1.165, 1.54) is 0 Å². The Morgan fingerprint density at radius 1 is 1.27 bits per heavy atom. The molecule has 0 amide bonds. The van der Waals surface area contributed by atoms with Crippen molar-refractivity contribution >= 4 is 31.7 Å². The highest BCUT2D eigenvalue weighted by molar-refractivity contribution is 7.92. The highest BCUT2D eigenvalue weighted by Crippen LogP contribution is 2.19. The summed E-state index contributed by atoms with van der Waals surface area (Å²) in [6.45, 7) is -0.112. The van der Waals surface area contributed by atoms with E-state index in [2.05, 4.69) is 4.72 Å². The lowest BCUT2D eigenvalue weighted by Crippen LogP contribution is -2.25. The van der Waals surface area contributed by atoms with E-state index in [4.69, 9.17) is 5.11 Å². The van der Waals surface area contributed by atoms with Crippen LogP contribution in [-0.4, -0.2) is 40.7 Å². The first kappa shape index (κ1) is 18.3. The van der Waals surface area contributed by atoms with Crippen LogP contribution in [0.5, 0.6) is 0 Å². The van der Waals surface area contributed by atoms with Crippen LogP contribution in [0.2, 0.25) is 0 Å². The molecule has 1 aromatic rings. The van der Waals surface area contributed by atoms with E-state index in [0.29, 0.717) is 6.07 Å². The normalized spacial score (nSPS) is 12.1. The Balaban J connectivity index is 2.84. The molecular weight excluding hydrogens is 339 g/mol. The number of carbonyl (C=O) groups is 1. The Morgan fingerprint density at radius 3 is 2.41 bits per heavy atom. The van der Waals surface area contributed by atoms with Crippen LogP contribution in [0.3, 0.4) is 0 Å². The summed E-state index contributed by atoms with van der Waals surface area (Å²) < 4.78 is 63.5. The second-order valence-corrected chi connectivity index (χ2v) is 7.93. The molecule has 124 valence electrons. The zero-order valence-electron chi connectivity index (χ0n) is 11.5. The minimum Gasteiger partial charge on any atom is -0.481 e. The van der Waals surface area contributed by atoms with E-state index in [9.17, 15) is 26.0 Å². The van der Waals surface area contributed by atoms with Gasteiger partial charge >= 0.3 is 5.97 Å². The minimum atomic E-state index is -4.00. The second-order valence-electron chi connectivity index (χ2n) is 4.41. The van der Waals surface area contributed by atoms with Gasteiger partial charge in [-0.25, -0.2) is 25.9 Å². The summed E-state index contributed by atoms with van der Waals surface area (Å²) in [4.78, 5) is 9.92. The van der Waals surface area contributed by atoms with Crippen molar-refractivity contribution in [2.45, 2.75) is 17.7 Å². The van der Waals surface area contributed by atoms with Crippen molar-refractivity contribution in [2.75, 3.05) is 17.5 Å². The van der Waals surface area contributed by atoms with Crippen LogP contribution in [0.4, 0.5) is 10.1 Å². The molecule has 0 radical (unpaired) electrons. The van der Waals surface area contributed by atoms with Gasteiger partial charge < -0.3 is 5.11 Å². The molecule has 0 aliphatic rings. The molecule has 22 heavy (non-hydrogen) atoms. The van der Waals surface area contributed by atoms with Gasteiger partial charge in [-0.05, 0) is 24.6 Å². The topological polar surface area (TPSA) is 130 Å². The van der Waals surface area contributed by atoms with Crippen LogP contribution < -0.4 is 9.44 Å². The van der Waals surface area contributed by atoms with Crippen molar-refractivity contribution in [3.8, 4) is 0 Å². The Labute approximate surface area is 127 Å². The zero-order valence-corrected chi connectivity index (χ0v) is 13.2. The fourth-order valence-corrected chi connectivity index (χ4v) is 3.13. The van der Waals surface area contributed by atoms with Gasteiger partial charge in [-0.15, -0.1) is 0 Å². The van der Waals surface area contributed by atoms with Crippen LogP contribution in [0.1, 0.15) is 12.8 Å². The number of aliphatic carboxylic acids is 1. The van der Waals surface area contributed by atoms with Crippen molar-refractivity contribution in [3.63, 3.8) is 0 Å². The summed E-state index contributed by atoms with van der Waals surface area (Å²) in [5, 5.41) is 8.44. The molecule has 1 rings (SSSR count). The summed E-state index contributed by atoms with van der Waals surface area (Å²) in [5.74, 6) is -2.10. The molecule has 8 nitrogen and oxygen atoms in total. The smallest absolute Gasteiger partial charge is 0.303 e. The van der Waals surface area contributed by atoms with E-state index >= 15 is 0 Å². The number of benzene rings is 1. The molecule has 0 aliphatic heterocycles. The van der Waals surface area contributed by atoms with Gasteiger partial charge in [0.25, 0.3) is 0 Å². The van der Waals surface area contributed by atoms with Gasteiger partial charge in [-0.1, -0.05) is 0 Å². The van der Waals surface area contributed by atoms with Crippen LogP contribution in [0.15, 0.2) is 23.1 Å². The monoisotopic (exact) mass is 354 g/mol. The molecule has 0 atom stereocenters. The molecule has 0 fully saturated rings. The number of hydrogen-bond donors (Lipinski definition) is 3. The van der Waals surface area contributed by atoms with Crippen molar-refractivity contribution in [1.82, 2.24) is 4.72 Å². The highest BCUT2D eigenvalue weighted by atomic mass is 32.2. The van der Waals surface area contributed by atoms with Crippen LogP contribution >= 0.6 is 0 Å².